The van der Waals surface area contributed by atoms with Crippen LogP contribution < -0.4 is 14.8 Å². The van der Waals surface area contributed by atoms with Gasteiger partial charge in [-0.15, -0.1) is 0 Å². The normalized spacial score (nSPS) is 19.5. The summed E-state index contributed by atoms with van der Waals surface area (Å²) >= 11 is 0. The van der Waals surface area contributed by atoms with E-state index in [1.807, 2.05) is 13.0 Å². The summed E-state index contributed by atoms with van der Waals surface area (Å²) in [6.07, 6.45) is 1.21. The van der Waals surface area contributed by atoms with Crippen LogP contribution >= 0.6 is 0 Å². The van der Waals surface area contributed by atoms with E-state index in [1.165, 1.54) is 12.0 Å². The molecule has 15 heavy (non-hydrogen) atoms. The van der Waals surface area contributed by atoms with Gasteiger partial charge in [0.25, 0.3) is 0 Å². The third-order valence-electron chi connectivity index (χ3n) is 2.71. The van der Waals surface area contributed by atoms with Gasteiger partial charge in [0.1, 0.15) is 0 Å². The minimum Gasteiger partial charge on any atom is -0.493 e. The van der Waals surface area contributed by atoms with Crippen LogP contribution in [0.1, 0.15) is 24.9 Å². The van der Waals surface area contributed by atoms with E-state index in [2.05, 4.69) is 17.4 Å². The zero-order chi connectivity index (χ0) is 10.7. The van der Waals surface area contributed by atoms with Crippen molar-refractivity contribution in [3.05, 3.63) is 23.8 Å². The van der Waals surface area contributed by atoms with Gasteiger partial charge in [0, 0.05) is 6.04 Å². The first-order valence-corrected chi connectivity index (χ1v) is 5.39. The first kappa shape index (κ1) is 10.3. The molecule has 1 aliphatic rings. The Balaban J connectivity index is 2.21. The largest absolute Gasteiger partial charge is 0.493 e. The molecule has 2 rings (SSSR count). The maximum absolute atomic E-state index is 5.47. The van der Waals surface area contributed by atoms with Gasteiger partial charge in [-0.2, -0.15) is 0 Å². The van der Waals surface area contributed by atoms with Crippen LogP contribution in [0.2, 0.25) is 0 Å². The van der Waals surface area contributed by atoms with E-state index in [-0.39, 0.29) is 0 Å². The molecule has 1 atom stereocenters. The van der Waals surface area contributed by atoms with Crippen LogP contribution in [-0.2, 0) is 0 Å². The van der Waals surface area contributed by atoms with Crippen LogP contribution in [0.3, 0.4) is 0 Å². The number of rotatable bonds is 4. The van der Waals surface area contributed by atoms with Gasteiger partial charge in [0.15, 0.2) is 11.5 Å². The Bertz CT molecular complexity index is 334. The smallest absolute Gasteiger partial charge is 0.161 e. The summed E-state index contributed by atoms with van der Waals surface area (Å²) in [7, 11) is 1.68. The molecule has 1 aromatic rings. The molecule has 1 aliphatic heterocycles. The van der Waals surface area contributed by atoms with Crippen LogP contribution in [-0.4, -0.2) is 20.3 Å². The van der Waals surface area contributed by atoms with Gasteiger partial charge in [0.2, 0.25) is 0 Å². The van der Waals surface area contributed by atoms with Gasteiger partial charge in [-0.3, -0.25) is 0 Å². The fourth-order valence-corrected chi connectivity index (χ4v) is 1.75. The number of nitrogens with one attached hydrogen (secondary N) is 1. The van der Waals surface area contributed by atoms with Crippen molar-refractivity contribution in [3.63, 3.8) is 0 Å². The summed E-state index contributed by atoms with van der Waals surface area (Å²) in [5, 5.41) is 3.37. The predicted molar refractivity (Wildman–Crippen MR) is 59.5 cm³/mol. The Kier molecular flexibility index (Phi) is 3.11. The van der Waals surface area contributed by atoms with E-state index >= 15 is 0 Å². The molecule has 0 aromatic heterocycles. The number of hydrogen-bond acceptors (Lipinski definition) is 3. The zero-order valence-corrected chi connectivity index (χ0v) is 9.25. The minimum atomic E-state index is 0.495. The molecule has 1 N–H and O–H groups in total. The Labute approximate surface area is 90.4 Å². The highest BCUT2D eigenvalue weighted by Gasteiger charge is 2.19. The second-order valence-electron chi connectivity index (χ2n) is 3.64. The summed E-state index contributed by atoms with van der Waals surface area (Å²) in [5.41, 5.74) is 1.28. The maximum Gasteiger partial charge on any atom is 0.161 e. The predicted octanol–water partition coefficient (Wildman–Crippen LogP) is 2.13. The van der Waals surface area contributed by atoms with Crippen LogP contribution in [0, 0.1) is 0 Å². The van der Waals surface area contributed by atoms with Crippen molar-refractivity contribution in [1.29, 1.82) is 0 Å². The second kappa shape index (κ2) is 4.53. The van der Waals surface area contributed by atoms with Gasteiger partial charge in [0.05, 0.1) is 13.7 Å². The molecule has 0 saturated carbocycles. The molecule has 3 nitrogen and oxygen atoms in total. The number of benzene rings is 1. The molecule has 1 saturated heterocycles. The number of hydrogen-bond donors (Lipinski definition) is 1. The third kappa shape index (κ3) is 2.07. The molecule has 0 spiro atoms. The number of ether oxygens (including phenoxy) is 2. The molecular formula is C12H17NO2. The molecule has 1 fully saturated rings. The molecule has 82 valence electrons. The minimum absolute atomic E-state index is 0.495. The second-order valence-corrected chi connectivity index (χ2v) is 3.64. The van der Waals surface area contributed by atoms with Crippen molar-refractivity contribution in [3.8, 4) is 11.5 Å². The van der Waals surface area contributed by atoms with Gasteiger partial charge in [-0.05, 0) is 37.6 Å². The zero-order valence-electron chi connectivity index (χ0n) is 9.25. The Hall–Kier alpha value is -1.22. The average Bonchev–Trinajstić information content (AvgIpc) is 2.18. The highest BCUT2D eigenvalue weighted by Crippen LogP contribution is 2.32. The SMILES string of the molecule is CCOc1ccc(C2CCN2)cc1OC. The van der Waals surface area contributed by atoms with Crippen LogP contribution in [0.4, 0.5) is 0 Å². The molecule has 0 bridgehead atoms. The summed E-state index contributed by atoms with van der Waals surface area (Å²) < 4.78 is 10.8. The lowest BCUT2D eigenvalue weighted by Crippen LogP contribution is -2.34. The summed E-state index contributed by atoms with van der Waals surface area (Å²) in [5.74, 6) is 1.64. The molecule has 0 amide bonds. The Morgan fingerprint density at radius 2 is 2.20 bits per heavy atom. The summed E-state index contributed by atoms with van der Waals surface area (Å²) in [4.78, 5) is 0. The molecule has 1 aromatic carbocycles. The van der Waals surface area contributed by atoms with E-state index in [0.29, 0.717) is 12.6 Å². The monoisotopic (exact) mass is 207 g/mol. The van der Waals surface area contributed by atoms with E-state index in [1.54, 1.807) is 7.11 Å². The highest BCUT2D eigenvalue weighted by molar-refractivity contribution is 5.44. The van der Waals surface area contributed by atoms with Gasteiger partial charge < -0.3 is 14.8 Å². The average molecular weight is 207 g/mol. The Morgan fingerprint density at radius 3 is 2.73 bits per heavy atom. The quantitative estimate of drug-likeness (QED) is 0.820. The topological polar surface area (TPSA) is 30.5 Å². The summed E-state index contributed by atoms with van der Waals surface area (Å²) in [6.45, 7) is 3.75. The van der Waals surface area contributed by atoms with Crippen molar-refractivity contribution in [2.24, 2.45) is 0 Å². The van der Waals surface area contributed by atoms with Crippen molar-refractivity contribution >= 4 is 0 Å². The highest BCUT2D eigenvalue weighted by atomic mass is 16.5. The molecular weight excluding hydrogens is 190 g/mol. The first-order chi connectivity index (χ1) is 7.35. The van der Waals surface area contributed by atoms with Gasteiger partial charge in [-0.25, -0.2) is 0 Å². The first-order valence-electron chi connectivity index (χ1n) is 5.39. The van der Waals surface area contributed by atoms with Crippen molar-refractivity contribution in [1.82, 2.24) is 5.32 Å². The van der Waals surface area contributed by atoms with Crippen molar-refractivity contribution in [2.45, 2.75) is 19.4 Å². The van der Waals surface area contributed by atoms with Crippen LogP contribution in [0.5, 0.6) is 11.5 Å². The van der Waals surface area contributed by atoms with Crippen molar-refractivity contribution < 1.29 is 9.47 Å². The molecule has 3 heteroatoms. The standard InChI is InChI=1S/C12H17NO2/c1-3-15-11-5-4-9(8-12(11)14-2)10-6-7-13-10/h4-5,8,10,13H,3,6-7H2,1-2H3. The lowest BCUT2D eigenvalue weighted by Gasteiger charge is -2.28. The van der Waals surface area contributed by atoms with Gasteiger partial charge >= 0.3 is 0 Å². The lowest BCUT2D eigenvalue weighted by molar-refractivity contribution is 0.309. The Morgan fingerprint density at radius 1 is 1.40 bits per heavy atom. The third-order valence-corrected chi connectivity index (χ3v) is 2.71. The molecule has 0 radical (unpaired) electrons. The van der Waals surface area contributed by atoms with E-state index < -0.39 is 0 Å². The molecule has 1 heterocycles. The molecule has 0 aliphatic carbocycles. The van der Waals surface area contributed by atoms with Crippen LogP contribution in [0.25, 0.3) is 0 Å². The maximum atomic E-state index is 5.47. The fraction of sp³-hybridized carbons (Fsp3) is 0.500. The number of methoxy groups -OCH3 is 1. The van der Waals surface area contributed by atoms with E-state index in [0.717, 1.165) is 18.0 Å². The molecule has 1 unspecified atom stereocenters. The summed E-state index contributed by atoms with van der Waals surface area (Å²) in [6, 6.07) is 6.64. The van der Waals surface area contributed by atoms with Gasteiger partial charge in [-0.1, -0.05) is 6.07 Å². The van der Waals surface area contributed by atoms with Crippen molar-refractivity contribution in [2.75, 3.05) is 20.3 Å². The fourth-order valence-electron chi connectivity index (χ4n) is 1.75. The van der Waals surface area contributed by atoms with E-state index in [9.17, 15) is 0 Å². The van der Waals surface area contributed by atoms with Crippen LogP contribution in [0.15, 0.2) is 18.2 Å². The lowest BCUT2D eigenvalue weighted by atomic mass is 9.98. The van der Waals surface area contributed by atoms with E-state index in [4.69, 9.17) is 9.47 Å².